The molecule has 2 heterocycles. The van der Waals surface area contributed by atoms with Crippen LogP contribution in [-0.4, -0.2) is 50.3 Å². The Morgan fingerprint density at radius 3 is 2.47 bits per heavy atom. The number of carbonyl (C=O) groups is 1. The number of Topliss-reactive ketones (excluding diaryl/α,β-unsaturated/α-hetero) is 1. The van der Waals surface area contributed by atoms with E-state index in [4.69, 9.17) is 9.47 Å². The van der Waals surface area contributed by atoms with E-state index in [0.717, 1.165) is 41.6 Å². The maximum absolute atomic E-state index is 11.9. The molecule has 0 spiro atoms. The molecule has 0 bridgehead atoms. The van der Waals surface area contributed by atoms with Gasteiger partial charge in [-0.15, -0.1) is 0 Å². The minimum atomic E-state index is 0.0710. The predicted molar refractivity (Wildman–Crippen MR) is 73.2 cm³/mol. The predicted octanol–water partition coefficient (Wildman–Crippen LogP) is 1.51. The van der Waals surface area contributed by atoms with E-state index in [1.807, 2.05) is 0 Å². The van der Waals surface area contributed by atoms with Crippen LogP contribution in [0.1, 0.15) is 28.2 Å². The van der Waals surface area contributed by atoms with Crippen LogP contribution in [0.5, 0.6) is 0 Å². The fourth-order valence-corrected chi connectivity index (χ4v) is 3.84. The Morgan fingerprint density at radius 1 is 1.21 bits per heavy atom. The molecule has 0 amide bonds. The highest BCUT2D eigenvalue weighted by atomic mass is 32.1. The highest BCUT2D eigenvalue weighted by Crippen LogP contribution is 2.33. The van der Waals surface area contributed by atoms with Gasteiger partial charge in [-0.1, -0.05) is 11.3 Å². The van der Waals surface area contributed by atoms with Crippen molar-refractivity contribution in [3.05, 3.63) is 10.6 Å². The summed E-state index contributed by atoms with van der Waals surface area (Å²) in [7, 11) is 3.41. The van der Waals surface area contributed by atoms with Crippen LogP contribution in [0.25, 0.3) is 0 Å². The molecule has 104 valence electrons. The van der Waals surface area contributed by atoms with Gasteiger partial charge in [0.1, 0.15) is 12.2 Å². The van der Waals surface area contributed by atoms with Gasteiger partial charge in [-0.25, -0.2) is 4.98 Å². The Labute approximate surface area is 116 Å². The SMILES string of the molecule is COC1CN(c2nc3c(s2)C(=O)CCC3)CC1OC. The maximum Gasteiger partial charge on any atom is 0.186 e. The summed E-state index contributed by atoms with van der Waals surface area (Å²) in [6.07, 6.45) is 2.66. The zero-order chi connectivity index (χ0) is 13.4. The molecular formula is C13H18N2O3S. The van der Waals surface area contributed by atoms with Gasteiger partial charge in [0.2, 0.25) is 0 Å². The first kappa shape index (κ1) is 13.0. The molecule has 1 aromatic rings. The Morgan fingerprint density at radius 2 is 1.89 bits per heavy atom. The minimum absolute atomic E-state index is 0.0710. The summed E-state index contributed by atoms with van der Waals surface area (Å²) in [5, 5.41) is 0.932. The van der Waals surface area contributed by atoms with Crippen molar-refractivity contribution in [2.45, 2.75) is 31.5 Å². The normalized spacial score (nSPS) is 26.8. The topological polar surface area (TPSA) is 51.7 Å². The van der Waals surface area contributed by atoms with Crippen LogP contribution in [-0.2, 0) is 15.9 Å². The first-order valence-corrected chi connectivity index (χ1v) is 7.38. The first-order valence-electron chi connectivity index (χ1n) is 6.56. The number of nitrogens with zero attached hydrogens (tertiary/aromatic N) is 2. The standard InChI is InChI=1S/C13H18N2O3S/c1-17-10-6-15(7-11(10)18-2)13-14-8-4-3-5-9(16)12(8)19-13/h10-11H,3-7H2,1-2H3. The molecule has 1 aliphatic heterocycles. The minimum Gasteiger partial charge on any atom is -0.377 e. The van der Waals surface area contributed by atoms with E-state index in [0.29, 0.717) is 6.42 Å². The maximum atomic E-state index is 11.9. The van der Waals surface area contributed by atoms with Crippen molar-refractivity contribution in [1.29, 1.82) is 0 Å². The summed E-state index contributed by atoms with van der Waals surface area (Å²) >= 11 is 1.52. The molecule has 2 unspecified atom stereocenters. The van der Waals surface area contributed by atoms with Crippen molar-refractivity contribution in [1.82, 2.24) is 4.98 Å². The van der Waals surface area contributed by atoms with Crippen LogP contribution < -0.4 is 4.90 Å². The van der Waals surface area contributed by atoms with Gasteiger partial charge in [0.05, 0.1) is 10.6 Å². The van der Waals surface area contributed by atoms with Crippen molar-refractivity contribution < 1.29 is 14.3 Å². The number of ether oxygens (including phenoxy) is 2. The third-order valence-electron chi connectivity index (χ3n) is 3.85. The van der Waals surface area contributed by atoms with Crippen molar-refractivity contribution >= 4 is 22.3 Å². The van der Waals surface area contributed by atoms with Gasteiger partial charge >= 0.3 is 0 Å². The van der Waals surface area contributed by atoms with Crippen molar-refractivity contribution in [2.24, 2.45) is 0 Å². The van der Waals surface area contributed by atoms with E-state index in [9.17, 15) is 4.79 Å². The quantitative estimate of drug-likeness (QED) is 0.841. The van der Waals surface area contributed by atoms with Crippen molar-refractivity contribution in [2.75, 3.05) is 32.2 Å². The molecule has 1 aliphatic carbocycles. The van der Waals surface area contributed by atoms with Crippen molar-refractivity contribution in [3.63, 3.8) is 0 Å². The Kier molecular flexibility index (Phi) is 3.56. The van der Waals surface area contributed by atoms with Gasteiger partial charge in [-0.05, 0) is 12.8 Å². The molecule has 3 rings (SSSR count). The largest absolute Gasteiger partial charge is 0.377 e. The summed E-state index contributed by atoms with van der Waals surface area (Å²) in [6, 6.07) is 0. The van der Waals surface area contributed by atoms with E-state index < -0.39 is 0 Å². The molecule has 1 fully saturated rings. The number of ketones is 1. The summed E-state index contributed by atoms with van der Waals surface area (Å²) in [6.45, 7) is 1.55. The summed E-state index contributed by atoms with van der Waals surface area (Å²) in [4.78, 5) is 19.5. The monoisotopic (exact) mass is 282 g/mol. The van der Waals surface area contributed by atoms with Crippen LogP contribution in [0.3, 0.4) is 0 Å². The van der Waals surface area contributed by atoms with Crippen molar-refractivity contribution in [3.8, 4) is 0 Å². The lowest BCUT2D eigenvalue weighted by molar-refractivity contribution is -0.00461. The average molecular weight is 282 g/mol. The third-order valence-corrected chi connectivity index (χ3v) is 5.05. The molecule has 0 radical (unpaired) electrons. The molecule has 0 saturated carbocycles. The van der Waals surface area contributed by atoms with Gasteiger partial charge in [0.25, 0.3) is 0 Å². The molecule has 19 heavy (non-hydrogen) atoms. The van der Waals surface area contributed by atoms with E-state index in [1.54, 1.807) is 14.2 Å². The number of rotatable bonds is 3. The van der Waals surface area contributed by atoms with Gasteiger partial charge in [-0.2, -0.15) is 0 Å². The highest BCUT2D eigenvalue weighted by Gasteiger charge is 2.35. The van der Waals surface area contributed by atoms with Gasteiger partial charge in [0, 0.05) is 33.7 Å². The number of anilines is 1. The fourth-order valence-electron chi connectivity index (χ4n) is 2.74. The Bertz CT molecular complexity index is 476. The van der Waals surface area contributed by atoms with Crippen LogP contribution in [0, 0.1) is 0 Å². The second-order valence-electron chi connectivity index (χ2n) is 5.00. The fraction of sp³-hybridized carbons (Fsp3) is 0.692. The number of carbonyl (C=O) groups excluding carboxylic acids is 1. The lowest BCUT2D eigenvalue weighted by atomic mass is 10.0. The van der Waals surface area contributed by atoms with E-state index in [-0.39, 0.29) is 18.0 Å². The summed E-state index contributed by atoms with van der Waals surface area (Å²) < 4.78 is 10.9. The number of aromatic nitrogens is 1. The lowest BCUT2D eigenvalue weighted by Crippen LogP contribution is -2.27. The molecule has 5 nitrogen and oxygen atoms in total. The second kappa shape index (κ2) is 5.19. The third kappa shape index (κ3) is 2.28. The summed E-state index contributed by atoms with van der Waals surface area (Å²) in [5.41, 5.74) is 0.978. The zero-order valence-corrected chi connectivity index (χ0v) is 12.0. The number of hydrogen-bond donors (Lipinski definition) is 0. The van der Waals surface area contributed by atoms with Gasteiger partial charge in [-0.3, -0.25) is 4.79 Å². The van der Waals surface area contributed by atoms with Crippen LogP contribution in [0.4, 0.5) is 5.13 Å². The number of aryl methyl sites for hydroxylation is 1. The number of methoxy groups -OCH3 is 2. The second-order valence-corrected chi connectivity index (χ2v) is 5.98. The van der Waals surface area contributed by atoms with E-state index in [2.05, 4.69) is 9.88 Å². The molecule has 6 heteroatoms. The molecule has 2 atom stereocenters. The molecule has 0 aromatic carbocycles. The number of fused-ring (bicyclic) bond motifs is 1. The highest BCUT2D eigenvalue weighted by molar-refractivity contribution is 7.17. The van der Waals surface area contributed by atoms with Gasteiger partial charge in [0.15, 0.2) is 10.9 Å². The molecular weight excluding hydrogens is 264 g/mol. The lowest BCUT2D eigenvalue weighted by Gasteiger charge is -2.13. The molecule has 2 aliphatic rings. The summed E-state index contributed by atoms with van der Waals surface area (Å²) in [5.74, 6) is 0.246. The van der Waals surface area contributed by atoms with Crippen LogP contribution >= 0.6 is 11.3 Å². The van der Waals surface area contributed by atoms with Crippen LogP contribution in [0.15, 0.2) is 0 Å². The Balaban J connectivity index is 1.82. The molecule has 1 saturated heterocycles. The van der Waals surface area contributed by atoms with Crippen LogP contribution in [0.2, 0.25) is 0 Å². The van der Waals surface area contributed by atoms with E-state index in [1.165, 1.54) is 11.3 Å². The average Bonchev–Trinajstić information content (AvgIpc) is 3.02. The first-order chi connectivity index (χ1) is 9.22. The Hall–Kier alpha value is -0.980. The smallest absolute Gasteiger partial charge is 0.186 e. The van der Waals surface area contributed by atoms with E-state index >= 15 is 0 Å². The number of hydrogen-bond acceptors (Lipinski definition) is 6. The molecule has 0 N–H and O–H groups in total. The number of thiazole rings is 1. The van der Waals surface area contributed by atoms with Gasteiger partial charge < -0.3 is 14.4 Å². The zero-order valence-electron chi connectivity index (χ0n) is 11.2. The molecule has 1 aromatic heterocycles.